The Morgan fingerprint density at radius 1 is 1.00 bits per heavy atom. The molecule has 0 amide bonds. The summed E-state index contributed by atoms with van der Waals surface area (Å²) in [7, 11) is 0. The first-order chi connectivity index (χ1) is 11.5. The Balaban J connectivity index is 2.67. The highest BCUT2D eigenvalue weighted by atomic mass is 32.1. The molecule has 1 aromatic heterocycles. The third-order valence-corrected chi connectivity index (χ3v) is 4.69. The van der Waals surface area contributed by atoms with Crippen molar-refractivity contribution in [1.82, 2.24) is 4.98 Å². The number of alkyl halides is 6. The molecule has 0 aliphatic carbocycles. The van der Waals surface area contributed by atoms with E-state index < -0.39 is 28.5 Å². The molecule has 0 aliphatic rings. The van der Waals surface area contributed by atoms with Crippen molar-refractivity contribution in [3.63, 3.8) is 0 Å². The molecule has 0 spiro atoms. The second-order valence-electron chi connectivity index (χ2n) is 5.31. The lowest BCUT2D eigenvalue weighted by Gasteiger charge is -2.25. The topological polar surface area (TPSA) is 16.1 Å². The van der Waals surface area contributed by atoms with Gasteiger partial charge in [-0.25, -0.2) is 4.98 Å². The van der Waals surface area contributed by atoms with Crippen LogP contribution >= 0.6 is 11.3 Å². The van der Waals surface area contributed by atoms with E-state index in [0.29, 0.717) is 24.4 Å². The van der Waals surface area contributed by atoms with E-state index in [4.69, 9.17) is 0 Å². The maximum absolute atomic E-state index is 13.5. The van der Waals surface area contributed by atoms with E-state index >= 15 is 0 Å². The van der Waals surface area contributed by atoms with Gasteiger partial charge < -0.3 is 4.90 Å². The summed E-state index contributed by atoms with van der Waals surface area (Å²) in [6.07, 6.45) is -9.35. The molecule has 0 saturated carbocycles. The van der Waals surface area contributed by atoms with Crippen molar-refractivity contribution in [1.29, 1.82) is 0 Å². The average molecular weight is 382 g/mol. The van der Waals surface area contributed by atoms with Crippen molar-refractivity contribution in [2.45, 2.75) is 33.1 Å². The van der Waals surface area contributed by atoms with Crippen LogP contribution in [0.5, 0.6) is 0 Å². The van der Waals surface area contributed by atoms with Gasteiger partial charge in [-0.05, 0) is 32.9 Å². The highest BCUT2D eigenvalue weighted by Gasteiger charge is 2.39. The van der Waals surface area contributed by atoms with Crippen LogP contribution in [0.15, 0.2) is 18.2 Å². The zero-order valence-electron chi connectivity index (χ0n) is 13.7. The molecule has 0 aliphatic heterocycles. The quantitative estimate of drug-likeness (QED) is 0.603. The molecule has 9 heteroatoms. The molecular weight excluding hydrogens is 366 g/mol. The third-order valence-electron chi connectivity index (χ3n) is 3.67. The van der Waals surface area contributed by atoms with Gasteiger partial charge in [-0.15, -0.1) is 11.3 Å². The first-order valence-corrected chi connectivity index (χ1v) is 8.31. The van der Waals surface area contributed by atoms with Crippen LogP contribution in [0.3, 0.4) is 0 Å². The summed E-state index contributed by atoms with van der Waals surface area (Å²) in [5.41, 5.74) is -1.68. The molecule has 0 unspecified atom stereocenters. The van der Waals surface area contributed by atoms with E-state index in [1.165, 1.54) is 24.0 Å². The van der Waals surface area contributed by atoms with Crippen molar-refractivity contribution in [3.05, 3.63) is 33.6 Å². The van der Waals surface area contributed by atoms with Gasteiger partial charge in [0.2, 0.25) is 0 Å². The number of thiazole rings is 1. The number of rotatable bonds is 4. The fourth-order valence-corrected chi connectivity index (χ4v) is 3.37. The molecule has 2 rings (SSSR count). The van der Waals surface area contributed by atoms with Gasteiger partial charge in [0.25, 0.3) is 0 Å². The van der Waals surface area contributed by atoms with Gasteiger partial charge in [0, 0.05) is 24.3 Å². The second-order valence-corrected chi connectivity index (χ2v) is 6.51. The monoisotopic (exact) mass is 382 g/mol. The number of benzene rings is 1. The number of anilines is 1. The Bertz CT molecular complexity index is 744. The third kappa shape index (κ3) is 4.08. The molecule has 0 fully saturated rings. The average Bonchev–Trinajstić information content (AvgIpc) is 2.90. The lowest BCUT2D eigenvalue weighted by atomic mass is 10.0. The highest BCUT2D eigenvalue weighted by Crippen LogP contribution is 2.44. The van der Waals surface area contributed by atoms with Crippen molar-refractivity contribution in [2.24, 2.45) is 0 Å². The Morgan fingerprint density at radius 3 is 2.08 bits per heavy atom. The van der Waals surface area contributed by atoms with Crippen molar-refractivity contribution >= 4 is 17.0 Å². The molecule has 2 aromatic rings. The minimum atomic E-state index is -4.68. The number of aryl methyl sites for hydroxylation is 1. The van der Waals surface area contributed by atoms with E-state index in [1.807, 2.05) is 0 Å². The normalized spacial score (nSPS) is 12.5. The second kappa shape index (κ2) is 6.86. The van der Waals surface area contributed by atoms with Gasteiger partial charge in [0.15, 0.2) is 0 Å². The van der Waals surface area contributed by atoms with Crippen molar-refractivity contribution in [2.75, 3.05) is 18.0 Å². The van der Waals surface area contributed by atoms with E-state index in [0.717, 1.165) is 6.07 Å². The van der Waals surface area contributed by atoms with Gasteiger partial charge in [-0.3, -0.25) is 0 Å². The molecule has 1 heterocycles. The van der Waals surface area contributed by atoms with E-state index in [9.17, 15) is 26.3 Å². The Kier molecular flexibility index (Phi) is 5.36. The molecule has 0 saturated heterocycles. The molecule has 2 nitrogen and oxygen atoms in total. The predicted octanol–water partition coefficient (Wildman–Crippen LogP) is 6.00. The zero-order chi connectivity index (χ0) is 19.0. The largest absolute Gasteiger partial charge is 0.427 e. The van der Waals surface area contributed by atoms with E-state index in [1.54, 1.807) is 13.8 Å². The molecule has 138 valence electrons. The minimum Gasteiger partial charge on any atom is -0.372 e. The summed E-state index contributed by atoms with van der Waals surface area (Å²) in [5.74, 6) is 0. The van der Waals surface area contributed by atoms with Gasteiger partial charge >= 0.3 is 12.4 Å². The van der Waals surface area contributed by atoms with Crippen LogP contribution in [-0.4, -0.2) is 18.1 Å². The maximum Gasteiger partial charge on any atom is 0.427 e. The first kappa shape index (κ1) is 19.6. The van der Waals surface area contributed by atoms with E-state index in [2.05, 4.69) is 4.98 Å². The Morgan fingerprint density at radius 2 is 1.60 bits per heavy atom. The summed E-state index contributed by atoms with van der Waals surface area (Å²) in [6, 6.07) is 3.21. The Labute approximate surface area is 145 Å². The van der Waals surface area contributed by atoms with Gasteiger partial charge in [-0.2, -0.15) is 26.3 Å². The fraction of sp³-hybridized carbons (Fsp3) is 0.438. The summed E-state index contributed by atoms with van der Waals surface area (Å²) in [5, 5.41) is 0.142. The number of hydrogen-bond donors (Lipinski definition) is 0. The summed E-state index contributed by atoms with van der Waals surface area (Å²) < 4.78 is 79.8. The lowest BCUT2D eigenvalue weighted by Crippen LogP contribution is -2.25. The van der Waals surface area contributed by atoms with Gasteiger partial charge in [-0.1, -0.05) is 6.07 Å². The molecule has 25 heavy (non-hydrogen) atoms. The fourth-order valence-electron chi connectivity index (χ4n) is 2.57. The molecular formula is C16H16F6N2S. The minimum absolute atomic E-state index is 0.0539. The molecule has 0 bridgehead atoms. The predicted molar refractivity (Wildman–Crippen MR) is 85.9 cm³/mol. The van der Waals surface area contributed by atoms with Crippen molar-refractivity contribution < 1.29 is 26.3 Å². The summed E-state index contributed by atoms with van der Waals surface area (Å²) in [4.78, 5) is 4.31. The number of aromatic nitrogens is 1. The van der Waals surface area contributed by atoms with E-state index in [-0.39, 0.29) is 16.3 Å². The van der Waals surface area contributed by atoms with Gasteiger partial charge in [0.1, 0.15) is 4.88 Å². The maximum atomic E-state index is 13.5. The van der Waals surface area contributed by atoms with Crippen LogP contribution in [0.25, 0.3) is 11.3 Å². The molecule has 0 radical (unpaired) electrons. The summed E-state index contributed by atoms with van der Waals surface area (Å²) in [6.45, 7) is 5.51. The molecule has 1 aromatic carbocycles. The smallest absolute Gasteiger partial charge is 0.372 e. The van der Waals surface area contributed by atoms with Crippen LogP contribution in [0, 0.1) is 6.92 Å². The lowest BCUT2D eigenvalue weighted by molar-refractivity contribution is -0.137. The summed E-state index contributed by atoms with van der Waals surface area (Å²) >= 11 is 0.421. The van der Waals surface area contributed by atoms with Crippen LogP contribution in [-0.2, 0) is 12.4 Å². The first-order valence-electron chi connectivity index (χ1n) is 7.50. The highest BCUT2D eigenvalue weighted by molar-refractivity contribution is 7.12. The number of hydrogen-bond acceptors (Lipinski definition) is 3. The number of nitrogens with zero attached hydrogens (tertiary/aromatic N) is 2. The Hall–Kier alpha value is -1.77. The SMILES string of the molecule is CCN(CC)c1ccc(-c2nc(C)sc2C(F)(F)F)cc1C(F)(F)F. The zero-order valence-corrected chi connectivity index (χ0v) is 14.5. The standard InChI is InChI=1S/C16H16F6N2S/c1-4-24(5-2)12-7-6-10(8-11(12)15(17,18)19)13-14(16(20,21)22)25-9(3)23-13/h6-8H,4-5H2,1-3H3. The van der Waals surface area contributed by atoms with Gasteiger partial charge in [0.05, 0.1) is 16.3 Å². The van der Waals surface area contributed by atoms with Crippen molar-refractivity contribution in [3.8, 4) is 11.3 Å². The number of halogens is 6. The molecule has 0 atom stereocenters. The van der Waals surface area contributed by atoms with Crippen LogP contribution < -0.4 is 4.90 Å². The van der Waals surface area contributed by atoms with Crippen LogP contribution in [0.4, 0.5) is 32.0 Å². The molecule has 0 N–H and O–H groups in total. The van der Waals surface area contributed by atoms with Crippen LogP contribution in [0.1, 0.15) is 29.3 Å². The van der Waals surface area contributed by atoms with Crippen LogP contribution in [0.2, 0.25) is 0 Å².